The fourth-order valence-electron chi connectivity index (χ4n) is 5.03. The number of benzene rings is 1. The summed E-state index contributed by atoms with van der Waals surface area (Å²) >= 11 is 6.20. The van der Waals surface area contributed by atoms with E-state index in [0.29, 0.717) is 46.8 Å². The van der Waals surface area contributed by atoms with Crippen molar-refractivity contribution >= 4 is 17.4 Å². The van der Waals surface area contributed by atoms with E-state index in [0.717, 1.165) is 19.9 Å². The molecule has 210 valence electrons. The Kier molecular flexibility index (Phi) is 6.81. The third kappa shape index (κ3) is 5.06. The lowest BCUT2D eigenvalue weighted by Gasteiger charge is -2.38. The van der Waals surface area contributed by atoms with E-state index in [1.165, 1.54) is 9.80 Å². The smallest absolute Gasteiger partial charge is 0.354 e. The summed E-state index contributed by atoms with van der Waals surface area (Å²) in [7, 11) is 0. The highest BCUT2D eigenvalue weighted by atomic mass is 35.5. The van der Waals surface area contributed by atoms with Crippen molar-refractivity contribution in [2.24, 2.45) is 0 Å². The minimum atomic E-state index is -4.70. The van der Waals surface area contributed by atoms with Crippen LogP contribution in [-0.2, 0) is 19.3 Å². The molecular formula is C25H24ClF7N6. The van der Waals surface area contributed by atoms with Crippen LogP contribution in [0, 0.1) is 5.82 Å². The molecule has 2 aliphatic rings. The maximum Gasteiger partial charge on any atom is 0.433 e. The number of fused-ring (bicyclic) bond motifs is 3. The minimum absolute atomic E-state index is 0.0237. The Labute approximate surface area is 224 Å². The molecule has 0 bridgehead atoms. The topological polar surface area (TPSA) is 50.1 Å². The summed E-state index contributed by atoms with van der Waals surface area (Å²) in [5.74, 6) is -0.583. The highest BCUT2D eigenvalue weighted by molar-refractivity contribution is 6.30. The van der Waals surface area contributed by atoms with E-state index in [9.17, 15) is 30.7 Å². The molecule has 3 aromatic rings. The zero-order valence-electron chi connectivity index (χ0n) is 20.9. The van der Waals surface area contributed by atoms with E-state index >= 15 is 0 Å². The van der Waals surface area contributed by atoms with Gasteiger partial charge in [-0.15, -0.1) is 10.2 Å². The molecule has 0 radical (unpaired) electrons. The molecule has 0 atom stereocenters. The van der Waals surface area contributed by atoms with Crippen LogP contribution in [0.5, 0.6) is 0 Å². The predicted molar refractivity (Wildman–Crippen MR) is 129 cm³/mol. The van der Waals surface area contributed by atoms with E-state index in [1.807, 2.05) is 0 Å². The van der Waals surface area contributed by atoms with Crippen LogP contribution in [0.4, 0.5) is 36.6 Å². The third-order valence-corrected chi connectivity index (χ3v) is 7.73. The molecule has 5 rings (SSSR count). The minimum Gasteiger partial charge on any atom is -0.354 e. The van der Waals surface area contributed by atoms with Crippen molar-refractivity contribution in [3.63, 3.8) is 0 Å². The highest BCUT2D eigenvalue weighted by Gasteiger charge is 2.52. The zero-order valence-corrected chi connectivity index (χ0v) is 21.7. The summed E-state index contributed by atoms with van der Waals surface area (Å²) < 4.78 is 97.4. The Morgan fingerprint density at radius 3 is 2.26 bits per heavy atom. The summed E-state index contributed by atoms with van der Waals surface area (Å²) in [5, 5.41) is 8.96. The maximum atomic E-state index is 14.4. The van der Waals surface area contributed by atoms with Gasteiger partial charge in [0.1, 0.15) is 17.1 Å². The van der Waals surface area contributed by atoms with Crippen LogP contribution in [0.25, 0.3) is 5.69 Å². The van der Waals surface area contributed by atoms with Gasteiger partial charge in [-0.25, -0.2) is 9.37 Å². The Bertz CT molecular complexity index is 1380. The van der Waals surface area contributed by atoms with Crippen molar-refractivity contribution in [3.05, 3.63) is 64.1 Å². The quantitative estimate of drug-likeness (QED) is 0.333. The van der Waals surface area contributed by atoms with E-state index < -0.39 is 29.4 Å². The molecule has 1 saturated heterocycles. The van der Waals surface area contributed by atoms with Crippen molar-refractivity contribution in [1.82, 2.24) is 24.6 Å². The van der Waals surface area contributed by atoms with Gasteiger partial charge in [0, 0.05) is 30.6 Å². The predicted octanol–water partition coefficient (Wildman–Crippen LogP) is 6.51. The van der Waals surface area contributed by atoms with Gasteiger partial charge in [0.25, 0.3) is 0 Å². The molecule has 0 aliphatic carbocycles. The number of aromatic nitrogens is 4. The SMILES string of the molecule is CC(C)(N1Cc2cc(Cl)ccc2-n2c(nnc2C2CCN(c3nc(C(F)(F)F)ccc3F)CC2)C1)C(F)(F)F. The fourth-order valence-corrected chi connectivity index (χ4v) is 5.22. The molecule has 0 spiro atoms. The van der Waals surface area contributed by atoms with E-state index in [1.54, 1.807) is 22.8 Å². The van der Waals surface area contributed by atoms with Crippen LogP contribution in [0.2, 0.25) is 5.02 Å². The second-order valence-electron chi connectivity index (χ2n) is 10.3. The normalized spacial score (nSPS) is 17.6. The Balaban J connectivity index is 1.45. The second-order valence-corrected chi connectivity index (χ2v) is 10.7. The summed E-state index contributed by atoms with van der Waals surface area (Å²) in [6.07, 6.45) is -8.42. The number of rotatable bonds is 3. The van der Waals surface area contributed by atoms with Crippen LogP contribution in [-0.4, -0.2) is 49.5 Å². The average molecular weight is 577 g/mol. The number of pyridine rings is 1. The molecular weight excluding hydrogens is 553 g/mol. The molecule has 4 heterocycles. The number of hydrogen-bond donors (Lipinski definition) is 0. The molecule has 2 aromatic heterocycles. The number of halogens is 8. The van der Waals surface area contributed by atoms with Gasteiger partial charge in [-0.2, -0.15) is 26.3 Å². The van der Waals surface area contributed by atoms with Gasteiger partial charge in [-0.1, -0.05) is 11.6 Å². The largest absolute Gasteiger partial charge is 0.433 e. The summed E-state index contributed by atoms with van der Waals surface area (Å²) in [4.78, 5) is 6.25. The van der Waals surface area contributed by atoms with Gasteiger partial charge in [-0.05, 0) is 62.6 Å². The standard InChI is InChI=1S/C25H24ClF7N6/c1-23(2,25(31,32)33)38-12-15-11-16(26)3-5-18(15)39-20(13-38)35-36-21(39)14-7-9-37(10-8-14)22-17(27)4-6-19(34-22)24(28,29)30/h3-6,11,14H,7-10,12-13H2,1-2H3. The van der Waals surface area contributed by atoms with Gasteiger partial charge in [0.2, 0.25) is 0 Å². The molecule has 6 nitrogen and oxygen atoms in total. The van der Waals surface area contributed by atoms with Gasteiger partial charge in [0.05, 0.1) is 12.2 Å². The lowest BCUT2D eigenvalue weighted by Crippen LogP contribution is -2.53. The summed E-state index contributed by atoms with van der Waals surface area (Å²) in [6, 6.07) is 6.34. The summed E-state index contributed by atoms with van der Waals surface area (Å²) in [6.45, 7) is 2.49. The van der Waals surface area contributed by atoms with Crippen molar-refractivity contribution in [2.45, 2.75) is 63.6 Å². The third-order valence-electron chi connectivity index (χ3n) is 7.49. The first-order valence-corrected chi connectivity index (χ1v) is 12.6. The first-order chi connectivity index (χ1) is 18.2. The van der Waals surface area contributed by atoms with E-state index in [4.69, 9.17) is 11.6 Å². The molecule has 14 heteroatoms. The number of nitrogens with zero attached hydrogens (tertiary/aromatic N) is 6. The first kappa shape index (κ1) is 27.6. The summed E-state index contributed by atoms with van der Waals surface area (Å²) in [5.41, 5.74) is -2.15. The molecule has 0 N–H and O–H groups in total. The molecule has 0 saturated carbocycles. The van der Waals surface area contributed by atoms with Gasteiger partial charge in [-0.3, -0.25) is 9.47 Å². The van der Waals surface area contributed by atoms with Crippen molar-refractivity contribution in [3.8, 4) is 5.69 Å². The molecule has 39 heavy (non-hydrogen) atoms. The molecule has 0 unspecified atom stereocenters. The lowest BCUT2D eigenvalue weighted by molar-refractivity contribution is -0.224. The van der Waals surface area contributed by atoms with Crippen molar-refractivity contribution < 1.29 is 30.7 Å². The molecule has 1 fully saturated rings. The van der Waals surface area contributed by atoms with Crippen LogP contribution in [0.3, 0.4) is 0 Å². The van der Waals surface area contributed by atoms with Crippen LogP contribution in [0.15, 0.2) is 30.3 Å². The van der Waals surface area contributed by atoms with E-state index in [2.05, 4.69) is 15.2 Å². The molecule has 1 aromatic carbocycles. The number of anilines is 1. The second kappa shape index (κ2) is 9.61. The lowest BCUT2D eigenvalue weighted by atomic mass is 9.95. The van der Waals surface area contributed by atoms with Crippen molar-refractivity contribution in [2.75, 3.05) is 18.0 Å². The number of alkyl halides is 6. The molecule has 0 amide bonds. The van der Waals surface area contributed by atoms with Gasteiger partial charge < -0.3 is 4.90 Å². The monoisotopic (exact) mass is 576 g/mol. The first-order valence-electron chi connectivity index (χ1n) is 12.2. The fraction of sp³-hybridized carbons (Fsp3) is 0.480. The van der Waals surface area contributed by atoms with E-state index in [-0.39, 0.29) is 37.9 Å². The maximum absolute atomic E-state index is 14.4. The zero-order chi connectivity index (χ0) is 28.3. The Morgan fingerprint density at radius 1 is 0.923 bits per heavy atom. The van der Waals surface area contributed by atoms with Gasteiger partial charge in [0.15, 0.2) is 17.5 Å². The Hall–Kier alpha value is -2.93. The number of piperidine rings is 1. The highest BCUT2D eigenvalue weighted by Crippen LogP contribution is 2.41. The average Bonchev–Trinajstić information content (AvgIpc) is 3.18. The number of hydrogen-bond acceptors (Lipinski definition) is 5. The van der Waals surface area contributed by atoms with Crippen LogP contribution < -0.4 is 4.90 Å². The van der Waals surface area contributed by atoms with Crippen LogP contribution >= 0.6 is 11.6 Å². The van der Waals surface area contributed by atoms with Crippen molar-refractivity contribution in [1.29, 1.82) is 0 Å². The molecule has 2 aliphatic heterocycles. The van der Waals surface area contributed by atoms with Crippen LogP contribution in [0.1, 0.15) is 55.5 Å². The Morgan fingerprint density at radius 2 is 1.62 bits per heavy atom. The van der Waals surface area contributed by atoms with Gasteiger partial charge >= 0.3 is 12.4 Å².